The van der Waals surface area contributed by atoms with Crippen molar-refractivity contribution in [1.29, 1.82) is 0 Å². The van der Waals surface area contributed by atoms with Crippen LogP contribution in [-0.4, -0.2) is 46.6 Å². The van der Waals surface area contributed by atoms with Gasteiger partial charge in [-0.2, -0.15) is 0 Å². The number of para-hydroxylation sites is 1. The molecule has 1 atom stereocenters. The van der Waals surface area contributed by atoms with Crippen molar-refractivity contribution in [3.05, 3.63) is 30.3 Å². The maximum Gasteiger partial charge on any atom is 0.119 e. The Hall–Kier alpha value is -1.10. The average Bonchev–Trinajstić information content (AvgIpc) is 2.94. The summed E-state index contributed by atoms with van der Waals surface area (Å²) >= 11 is 0. The molecule has 1 aromatic rings. The van der Waals surface area contributed by atoms with Gasteiger partial charge in [0.05, 0.1) is 19.8 Å². The Bertz CT molecular complexity index is 363. The Morgan fingerprint density at radius 1 is 1.25 bits per heavy atom. The first-order valence-corrected chi connectivity index (χ1v) is 7.30. The molecule has 0 aliphatic carbocycles. The third kappa shape index (κ3) is 4.78. The van der Waals surface area contributed by atoms with E-state index < -0.39 is 0 Å². The summed E-state index contributed by atoms with van der Waals surface area (Å²) in [6.07, 6.45) is 2.12. The molecule has 1 fully saturated rings. The highest BCUT2D eigenvalue weighted by molar-refractivity contribution is 5.20. The zero-order chi connectivity index (χ0) is 14.1. The average molecular weight is 279 g/mol. The van der Waals surface area contributed by atoms with Crippen molar-refractivity contribution in [3.63, 3.8) is 0 Å². The van der Waals surface area contributed by atoms with E-state index in [0.29, 0.717) is 0 Å². The van der Waals surface area contributed by atoms with E-state index in [1.54, 1.807) is 7.11 Å². The summed E-state index contributed by atoms with van der Waals surface area (Å²) in [6.45, 7) is 5.02. The molecule has 4 nitrogen and oxygen atoms in total. The van der Waals surface area contributed by atoms with Crippen molar-refractivity contribution in [3.8, 4) is 5.75 Å². The van der Waals surface area contributed by atoms with Crippen LogP contribution in [0.5, 0.6) is 5.75 Å². The quantitative estimate of drug-likeness (QED) is 0.703. The molecule has 1 N–H and O–H groups in total. The largest absolute Gasteiger partial charge is 0.494 e. The second kappa shape index (κ2) is 8.25. The van der Waals surface area contributed by atoms with Gasteiger partial charge in [0.1, 0.15) is 5.75 Å². The third-order valence-corrected chi connectivity index (χ3v) is 3.81. The molecule has 1 saturated heterocycles. The molecule has 1 heterocycles. The van der Waals surface area contributed by atoms with Gasteiger partial charge >= 0.3 is 0 Å². The number of rotatable bonds is 9. The Morgan fingerprint density at radius 2 is 2.10 bits per heavy atom. The van der Waals surface area contributed by atoms with E-state index in [1.165, 1.54) is 0 Å². The van der Waals surface area contributed by atoms with Gasteiger partial charge in [0.2, 0.25) is 0 Å². The molecular formula is C16H25NO3. The van der Waals surface area contributed by atoms with E-state index in [9.17, 15) is 0 Å². The van der Waals surface area contributed by atoms with Gasteiger partial charge < -0.3 is 19.5 Å². The van der Waals surface area contributed by atoms with E-state index in [4.69, 9.17) is 14.2 Å². The molecule has 112 valence electrons. The lowest BCUT2D eigenvalue weighted by Gasteiger charge is -2.27. The first-order valence-electron chi connectivity index (χ1n) is 7.30. The summed E-state index contributed by atoms with van der Waals surface area (Å²) in [7, 11) is 1.73. The molecular weight excluding hydrogens is 254 g/mol. The highest BCUT2D eigenvalue weighted by Gasteiger charge is 2.34. The molecule has 0 aromatic heterocycles. The van der Waals surface area contributed by atoms with Gasteiger partial charge in [-0.15, -0.1) is 0 Å². The van der Waals surface area contributed by atoms with Gasteiger partial charge in [-0.25, -0.2) is 0 Å². The fourth-order valence-electron chi connectivity index (χ4n) is 2.50. The van der Waals surface area contributed by atoms with Gasteiger partial charge in [0, 0.05) is 32.2 Å². The normalized spacial score (nSPS) is 22.1. The van der Waals surface area contributed by atoms with Crippen LogP contribution in [0.1, 0.15) is 12.8 Å². The van der Waals surface area contributed by atoms with E-state index in [-0.39, 0.29) is 5.41 Å². The van der Waals surface area contributed by atoms with Gasteiger partial charge in [-0.3, -0.25) is 0 Å². The molecule has 4 heteroatoms. The van der Waals surface area contributed by atoms with Crippen LogP contribution in [-0.2, 0) is 9.47 Å². The smallest absolute Gasteiger partial charge is 0.119 e. The molecule has 1 aromatic carbocycles. The number of hydrogen-bond donors (Lipinski definition) is 1. The van der Waals surface area contributed by atoms with E-state index in [1.807, 2.05) is 30.3 Å². The summed E-state index contributed by atoms with van der Waals surface area (Å²) in [5.41, 5.74) is 0.211. The molecule has 0 bridgehead atoms. The summed E-state index contributed by atoms with van der Waals surface area (Å²) in [6, 6.07) is 9.98. The van der Waals surface area contributed by atoms with Crippen LogP contribution in [0.2, 0.25) is 0 Å². The topological polar surface area (TPSA) is 39.7 Å². The van der Waals surface area contributed by atoms with Crippen molar-refractivity contribution in [2.75, 3.05) is 46.6 Å². The molecule has 0 saturated carbocycles. The standard InChI is InChI=1S/C16H25NO3/c1-18-12-9-17-13-16(7-10-19-14-16)8-11-20-15-5-3-2-4-6-15/h2-6,17H,7-14H2,1H3. The van der Waals surface area contributed by atoms with Gasteiger partial charge in [0.15, 0.2) is 0 Å². The molecule has 0 radical (unpaired) electrons. The maximum atomic E-state index is 5.81. The highest BCUT2D eigenvalue weighted by atomic mass is 16.5. The van der Waals surface area contributed by atoms with Crippen molar-refractivity contribution >= 4 is 0 Å². The first kappa shape index (κ1) is 15.3. The van der Waals surface area contributed by atoms with E-state index >= 15 is 0 Å². The number of methoxy groups -OCH3 is 1. The van der Waals surface area contributed by atoms with Crippen LogP contribution in [0.4, 0.5) is 0 Å². The van der Waals surface area contributed by atoms with Crippen molar-refractivity contribution in [1.82, 2.24) is 5.32 Å². The number of hydrogen-bond acceptors (Lipinski definition) is 4. The van der Waals surface area contributed by atoms with Crippen LogP contribution in [0, 0.1) is 5.41 Å². The molecule has 1 aliphatic rings. The Morgan fingerprint density at radius 3 is 2.80 bits per heavy atom. The molecule has 0 amide bonds. The second-order valence-electron chi connectivity index (χ2n) is 5.38. The maximum absolute atomic E-state index is 5.81. The van der Waals surface area contributed by atoms with Crippen LogP contribution in [0.3, 0.4) is 0 Å². The summed E-state index contributed by atoms with van der Waals surface area (Å²) < 4.78 is 16.5. The Labute approximate surface area is 121 Å². The van der Waals surface area contributed by atoms with Crippen LogP contribution in [0.25, 0.3) is 0 Å². The minimum absolute atomic E-state index is 0.211. The monoisotopic (exact) mass is 279 g/mol. The minimum atomic E-state index is 0.211. The fraction of sp³-hybridized carbons (Fsp3) is 0.625. The van der Waals surface area contributed by atoms with Gasteiger partial charge in [0.25, 0.3) is 0 Å². The molecule has 2 rings (SSSR count). The van der Waals surface area contributed by atoms with Gasteiger partial charge in [-0.05, 0) is 25.0 Å². The van der Waals surface area contributed by atoms with Gasteiger partial charge in [-0.1, -0.05) is 18.2 Å². The number of nitrogens with one attached hydrogen (secondary N) is 1. The lowest BCUT2D eigenvalue weighted by Crippen LogP contribution is -2.37. The third-order valence-electron chi connectivity index (χ3n) is 3.81. The Balaban J connectivity index is 1.74. The van der Waals surface area contributed by atoms with Crippen molar-refractivity contribution < 1.29 is 14.2 Å². The van der Waals surface area contributed by atoms with Crippen LogP contribution >= 0.6 is 0 Å². The lowest BCUT2D eigenvalue weighted by atomic mass is 9.84. The first-order chi connectivity index (χ1) is 9.85. The zero-order valence-electron chi connectivity index (χ0n) is 12.3. The number of benzene rings is 1. The predicted octanol–water partition coefficient (Wildman–Crippen LogP) is 2.10. The zero-order valence-corrected chi connectivity index (χ0v) is 12.3. The summed E-state index contributed by atoms with van der Waals surface area (Å²) in [4.78, 5) is 0. The summed E-state index contributed by atoms with van der Waals surface area (Å²) in [5.74, 6) is 0.939. The van der Waals surface area contributed by atoms with Crippen molar-refractivity contribution in [2.24, 2.45) is 5.41 Å². The molecule has 20 heavy (non-hydrogen) atoms. The summed E-state index contributed by atoms with van der Waals surface area (Å²) in [5, 5.41) is 3.46. The highest BCUT2D eigenvalue weighted by Crippen LogP contribution is 2.31. The number of ether oxygens (including phenoxy) is 3. The fourth-order valence-corrected chi connectivity index (χ4v) is 2.50. The van der Waals surface area contributed by atoms with Crippen molar-refractivity contribution in [2.45, 2.75) is 12.8 Å². The van der Waals surface area contributed by atoms with E-state index in [0.717, 1.165) is 58.1 Å². The van der Waals surface area contributed by atoms with Crippen LogP contribution < -0.4 is 10.1 Å². The SMILES string of the molecule is COCCNCC1(CCOc2ccccc2)CCOC1. The minimum Gasteiger partial charge on any atom is -0.494 e. The molecule has 0 spiro atoms. The molecule has 1 unspecified atom stereocenters. The lowest BCUT2D eigenvalue weighted by molar-refractivity contribution is 0.125. The Kier molecular flexibility index (Phi) is 6.30. The van der Waals surface area contributed by atoms with Crippen LogP contribution in [0.15, 0.2) is 30.3 Å². The predicted molar refractivity (Wildman–Crippen MR) is 79.2 cm³/mol. The van der Waals surface area contributed by atoms with E-state index in [2.05, 4.69) is 5.32 Å². The molecule has 1 aliphatic heterocycles. The second-order valence-corrected chi connectivity index (χ2v) is 5.38.